The number of nitrogens with zero attached hydrogens (tertiary/aromatic N) is 1. The SMILES string of the molecule is C[S+]([O-])CCCCCCCCCCCN=C=S. The van der Waals surface area contributed by atoms with Gasteiger partial charge in [-0.2, -0.15) is 0 Å². The number of hydrogen-bond acceptors (Lipinski definition) is 3. The van der Waals surface area contributed by atoms with E-state index in [0.717, 1.165) is 25.1 Å². The zero-order chi connectivity index (χ0) is 12.8. The lowest BCUT2D eigenvalue weighted by molar-refractivity contribution is 0.562. The quantitative estimate of drug-likeness (QED) is 0.234. The van der Waals surface area contributed by atoms with E-state index in [9.17, 15) is 4.55 Å². The van der Waals surface area contributed by atoms with Crippen LogP contribution in [0.25, 0.3) is 0 Å². The smallest absolute Gasteiger partial charge is 0.105 e. The van der Waals surface area contributed by atoms with Crippen molar-refractivity contribution in [1.29, 1.82) is 0 Å². The third-order valence-corrected chi connectivity index (χ3v) is 3.76. The molecular weight excluding hydrogens is 250 g/mol. The van der Waals surface area contributed by atoms with Crippen molar-refractivity contribution in [3.8, 4) is 0 Å². The van der Waals surface area contributed by atoms with Gasteiger partial charge in [0.05, 0.1) is 11.4 Å². The third kappa shape index (κ3) is 16.1. The normalized spacial score (nSPS) is 12.1. The van der Waals surface area contributed by atoms with Crippen molar-refractivity contribution in [1.82, 2.24) is 0 Å². The van der Waals surface area contributed by atoms with Gasteiger partial charge in [-0.1, -0.05) is 49.7 Å². The Morgan fingerprint density at radius 1 is 0.941 bits per heavy atom. The van der Waals surface area contributed by atoms with Gasteiger partial charge in [-0.25, -0.2) is 4.99 Å². The van der Waals surface area contributed by atoms with Crippen LogP contribution in [0, 0.1) is 0 Å². The highest BCUT2D eigenvalue weighted by Gasteiger charge is 1.97. The summed E-state index contributed by atoms with van der Waals surface area (Å²) in [5.41, 5.74) is 0. The van der Waals surface area contributed by atoms with Crippen LogP contribution in [0.1, 0.15) is 57.8 Å². The van der Waals surface area contributed by atoms with Crippen molar-refractivity contribution in [2.24, 2.45) is 4.99 Å². The standard InChI is InChI=1S/C13H25NOS2/c1-17(15)12-10-8-6-4-2-3-5-7-9-11-14-13-16/h2-12H2,1H3. The van der Waals surface area contributed by atoms with Crippen molar-refractivity contribution in [3.05, 3.63) is 0 Å². The fraction of sp³-hybridized carbons (Fsp3) is 0.923. The van der Waals surface area contributed by atoms with Gasteiger partial charge in [-0.15, -0.1) is 0 Å². The minimum atomic E-state index is -0.602. The maximum Gasteiger partial charge on any atom is 0.105 e. The summed E-state index contributed by atoms with van der Waals surface area (Å²) < 4.78 is 10.8. The molecule has 0 heterocycles. The van der Waals surface area contributed by atoms with E-state index in [2.05, 4.69) is 22.4 Å². The third-order valence-electron chi connectivity index (χ3n) is 2.77. The van der Waals surface area contributed by atoms with Gasteiger partial charge in [0.15, 0.2) is 0 Å². The summed E-state index contributed by atoms with van der Waals surface area (Å²) in [6.07, 6.45) is 13.2. The molecule has 0 aliphatic heterocycles. The summed E-state index contributed by atoms with van der Waals surface area (Å²) in [6.45, 7) is 0.845. The second-order valence-electron chi connectivity index (χ2n) is 4.43. The highest BCUT2D eigenvalue weighted by molar-refractivity contribution is 7.90. The fourth-order valence-corrected chi connectivity index (χ4v) is 2.48. The topological polar surface area (TPSA) is 35.4 Å². The maximum atomic E-state index is 10.8. The van der Waals surface area contributed by atoms with Gasteiger partial charge in [-0.3, -0.25) is 0 Å². The van der Waals surface area contributed by atoms with Crippen molar-refractivity contribution >= 4 is 28.6 Å². The van der Waals surface area contributed by atoms with Crippen LogP contribution in [0.4, 0.5) is 0 Å². The van der Waals surface area contributed by atoms with Crippen molar-refractivity contribution in [2.45, 2.75) is 57.8 Å². The lowest BCUT2D eigenvalue weighted by atomic mass is 10.1. The first kappa shape index (κ1) is 17.1. The van der Waals surface area contributed by atoms with Crippen molar-refractivity contribution in [3.63, 3.8) is 0 Å². The predicted octanol–water partition coefficient (Wildman–Crippen LogP) is 3.98. The van der Waals surface area contributed by atoms with Gasteiger partial charge >= 0.3 is 0 Å². The molecule has 17 heavy (non-hydrogen) atoms. The first-order valence-electron chi connectivity index (χ1n) is 6.61. The van der Waals surface area contributed by atoms with Gasteiger partial charge in [0.2, 0.25) is 0 Å². The van der Waals surface area contributed by atoms with E-state index >= 15 is 0 Å². The minimum absolute atomic E-state index is 0.602. The number of unbranched alkanes of at least 4 members (excludes halogenated alkanes) is 8. The van der Waals surface area contributed by atoms with E-state index in [1.54, 1.807) is 6.26 Å². The molecule has 0 rings (SSSR count). The molecular formula is C13H25NOS2. The molecule has 0 aliphatic carbocycles. The molecule has 1 unspecified atom stereocenters. The Morgan fingerprint density at radius 3 is 1.88 bits per heavy atom. The molecule has 4 heteroatoms. The molecule has 0 aromatic rings. The van der Waals surface area contributed by atoms with Crippen LogP contribution in [-0.4, -0.2) is 28.3 Å². The molecule has 0 saturated carbocycles. The van der Waals surface area contributed by atoms with E-state index in [1.807, 2.05) is 0 Å². The van der Waals surface area contributed by atoms with E-state index in [0.29, 0.717) is 0 Å². The Hall–Kier alpha value is 0.110. The second-order valence-corrected chi connectivity index (χ2v) is 6.17. The Bertz CT molecular complexity index is 204. The number of rotatable bonds is 12. The number of isothiocyanates is 1. The monoisotopic (exact) mass is 275 g/mol. The molecule has 0 bridgehead atoms. The predicted molar refractivity (Wildman–Crippen MR) is 80.4 cm³/mol. The Morgan fingerprint density at radius 2 is 1.41 bits per heavy atom. The summed E-state index contributed by atoms with van der Waals surface area (Å²) in [5.74, 6) is 0.875. The van der Waals surface area contributed by atoms with E-state index < -0.39 is 11.2 Å². The lowest BCUT2D eigenvalue weighted by Crippen LogP contribution is -2.02. The fourth-order valence-electron chi connectivity index (χ4n) is 1.78. The molecule has 0 spiro atoms. The summed E-state index contributed by atoms with van der Waals surface area (Å²) in [7, 11) is 0. The van der Waals surface area contributed by atoms with Crippen LogP contribution >= 0.6 is 12.2 Å². The summed E-state index contributed by atoms with van der Waals surface area (Å²) in [4.78, 5) is 3.89. The average Bonchev–Trinajstić information content (AvgIpc) is 2.30. The van der Waals surface area contributed by atoms with Gasteiger partial charge in [-0.05, 0) is 31.5 Å². The minimum Gasteiger partial charge on any atom is -0.617 e. The molecule has 100 valence electrons. The van der Waals surface area contributed by atoms with Crippen LogP contribution in [0.3, 0.4) is 0 Å². The van der Waals surface area contributed by atoms with Gasteiger partial charge < -0.3 is 4.55 Å². The molecule has 0 aromatic carbocycles. The summed E-state index contributed by atoms with van der Waals surface area (Å²) >= 11 is 3.90. The zero-order valence-electron chi connectivity index (χ0n) is 11.0. The molecule has 1 atom stereocenters. The van der Waals surface area contributed by atoms with Crippen molar-refractivity contribution < 1.29 is 4.55 Å². The number of thiocarbonyl (C=S) groups is 1. The molecule has 0 saturated heterocycles. The van der Waals surface area contributed by atoms with Gasteiger partial charge in [0, 0.05) is 6.54 Å². The highest BCUT2D eigenvalue weighted by Crippen LogP contribution is 2.10. The zero-order valence-corrected chi connectivity index (χ0v) is 12.6. The van der Waals surface area contributed by atoms with Gasteiger partial charge in [0.1, 0.15) is 5.75 Å². The van der Waals surface area contributed by atoms with E-state index in [-0.39, 0.29) is 0 Å². The second kappa shape index (κ2) is 14.2. The van der Waals surface area contributed by atoms with Crippen LogP contribution in [0.15, 0.2) is 4.99 Å². The van der Waals surface area contributed by atoms with Gasteiger partial charge in [0.25, 0.3) is 0 Å². The van der Waals surface area contributed by atoms with E-state index in [4.69, 9.17) is 0 Å². The summed E-state index contributed by atoms with van der Waals surface area (Å²) in [5, 5.41) is 2.39. The molecule has 0 aromatic heterocycles. The molecule has 0 N–H and O–H groups in total. The first-order chi connectivity index (χ1) is 8.27. The molecule has 2 nitrogen and oxygen atoms in total. The van der Waals surface area contributed by atoms with Crippen LogP contribution in [0.2, 0.25) is 0 Å². The molecule has 0 radical (unpaired) electrons. The number of hydrogen-bond donors (Lipinski definition) is 0. The van der Waals surface area contributed by atoms with E-state index in [1.165, 1.54) is 44.9 Å². The maximum absolute atomic E-state index is 10.8. The van der Waals surface area contributed by atoms with Crippen LogP contribution in [0.5, 0.6) is 0 Å². The largest absolute Gasteiger partial charge is 0.617 e. The molecule has 0 aliphatic rings. The Balaban J connectivity index is 2.96. The number of aliphatic imine (C=N–C) groups is 1. The highest BCUT2D eigenvalue weighted by atomic mass is 32.2. The first-order valence-corrected chi connectivity index (χ1v) is 8.74. The Labute approximate surface area is 114 Å². The van der Waals surface area contributed by atoms with Crippen LogP contribution < -0.4 is 0 Å². The molecule has 0 amide bonds. The molecule has 0 fully saturated rings. The summed E-state index contributed by atoms with van der Waals surface area (Å²) in [6, 6.07) is 0. The lowest BCUT2D eigenvalue weighted by Gasteiger charge is -2.04. The van der Waals surface area contributed by atoms with Crippen molar-refractivity contribution in [2.75, 3.05) is 18.6 Å². The average molecular weight is 275 g/mol. The Kier molecular flexibility index (Phi) is 14.3. The van der Waals surface area contributed by atoms with Crippen LogP contribution in [-0.2, 0) is 11.2 Å².